The predicted molar refractivity (Wildman–Crippen MR) is 81.4 cm³/mol. The van der Waals surface area contributed by atoms with Gasteiger partial charge < -0.3 is 10.4 Å². The van der Waals surface area contributed by atoms with E-state index in [1.165, 1.54) is 0 Å². The van der Waals surface area contributed by atoms with Gasteiger partial charge in [-0.15, -0.1) is 0 Å². The number of aliphatic hydroxyl groups is 1. The van der Waals surface area contributed by atoms with Gasteiger partial charge in [0.2, 0.25) is 0 Å². The van der Waals surface area contributed by atoms with Crippen LogP contribution in [0.1, 0.15) is 50.0 Å². The summed E-state index contributed by atoms with van der Waals surface area (Å²) in [5, 5.41) is 11.7. The quantitative estimate of drug-likeness (QED) is 0.832. The number of carbonyl (C=O) groups excluding carboxylic acids is 1. The molecule has 1 aromatic rings. The molecule has 1 rings (SSSR count). The van der Waals surface area contributed by atoms with Crippen molar-refractivity contribution in [1.82, 2.24) is 5.32 Å². The Kier molecular flexibility index (Phi) is 5.79. The van der Waals surface area contributed by atoms with Gasteiger partial charge in [-0.3, -0.25) is 4.79 Å². The Balaban J connectivity index is 2.80. The van der Waals surface area contributed by atoms with Crippen LogP contribution in [0.5, 0.6) is 0 Å². The number of carbonyl (C=O) groups is 1. The first-order valence-corrected chi connectivity index (χ1v) is 6.85. The molecule has 1 amide bonds. The summed E-state index contributed by atoms with van der Waals surface area (Å²) in [5.41, 5.74) is 1.42. The lowest BCUT2D eigenvalue weighted by Gasteiger charge is -2.28. The Morgan fingerprint density at radius 3 is 2.70 bits per heavy atom. The zero-order valence-electron chi connectivity index (χ0n) is 12.7. The highest BCUT2D eigenvalue weighted by Gasteiger charge is 2.22. The van der Waals surface area contributed by atoms with E-state index < -0.39 is 0 Å². The number of hydrogen-bond donors (Lipinski definition) is 2. The van der Waals surface area contributed by atoms with Gasteiger partial charge in [-0.1, -0.05) is 38.7 Å². The van der Waals surface area contributed by atoms with E-state index in [9.17, 15) is 4.79 Å². The second-order valence-corrected chi connectivity index (χ2v) is 5.92. The summed E-state index contributed by atoms with van der Waals surface area (Å²) in [7, 11) is 0. The molecule has 0 aliphatic heterocycles. The molecule has 0 radical (unpaired) electrons. The minimum atomic E-state index is -0.0850. The first-order chi connectivity index (χ1) is 9.34. The number of aliphatic hydroxyl groups excluding tert-OH is 1. The lowest BCUT2D eigenvalue weighted by Crippen LogP contribution is -2.41. The minimum Gasteiger partial charge on any atom is -0.395 e. The van der Waals surface area contributed by atoms with Crippen molar-refractivity contribution in [3.8, 4) is 11.8 Å². The van der Waals surface area contributed by atoms with E-state index in [0.717, 1.165) is 5.56 Å². The molecule has 0 bridgehead atoms. The molecule has 0 fully saturated rings. The smallest absolute Gasteiger partial charge is 0.251 e. The van der Waals surface area contributed by atoms with Crippen LogP contribution < -0.4 is 5.32 Å². The highest BCUT2D eigenvalue weighted by molar-refractivity contribution is 5.94. The second-order valence-electron chi connectivity index (χ2n) is 5.92. The summed E-state index contributed by atoms with van der Waals surface area (Å²) in [5.74, 6) is 5.70. The molecule has 1 atom stereocenters. The van der Waals surface area contributed by atoms with E-state index in [1.807, 2.05) is 19.1 Å². The van der Waals surface area contributed by atoms with Crippen LogP contribution in [0.15, 0.2) is 24.3 Å². The number of amides is 1. The average Bonchev–Trinajstić information content (AvgIpc) is 2.38. The van der Waals surface area contributed by atoms with E-state index in [1.54, 1.807) is 12.1 Å². The van der Waals surface area contributed by atoms with Crippen molar-refractivity contribution in [1.29, 1.82) is 0 Å². The van der Waals surface area contributed by atoms with Crippen molar-refractivity contribution in [2.75, 3.05) is 6.61 Å². The van der Waals surface area contributed by atoms with Crippen molar-refractivity contribution in [2.24, 2.45) is 5.41 Å². The molecule has 1 unspecified atom stereocenters. The molecule has 0 saturated heterocycles. The molecule has 108 valence electrons. The molecule has 0 aliphatic carbocycles. The zero-order chi connectivity index (χ0) is 15.2. The molecule has 1 aromatic carbocycles. The van der Waals surface area contributed by atoms with Crippen LogP contribution >= 0.6 is 0 Å². The minimum absolute atomic E-state index is 0.0220. The van der Waals surface area contributed by atoms with E-state index in [4.69, 9.17) is 5.11 Å². The Bertz CT molecular complexity index is 518. The Labute approximate surface area is 121 Å². The lowest BCUT2D eigenvalue weighted by molar-refractivity contribution is 0.0910. The Morgan fingerprint density at radius 1 is 1.40 bits per heavy atom. The fraction of sp³-hybridized carbons (Fsp3) is 0.471. The van der Waals surface area contributed by atoms with Gasteiger partial charge in [0.25, 0.3) is 5.91 Å². The van der Waals surface area contributed by atoms with E-state index in [2.05, 4.69) is 37.9 Å². The molecular weight excluding hydrogens is 250 g/mol. The van der Waals surface area contributed by atoms with Crippen LogP contribution in [0, 0.1) is 17.3 Å². The standard InChI is InChI=1S/C17H23NO2/c1-13(17(2,3)4)18-16(20)15-10-7-9-14(12-15)8-5-6-11-19/h7,9-10,12-13,19H,6,11H2,1-4H3,(H,18,20). The molecule has 3 nitrogen and oxygen atoms in total. The van der Waals surface area contributed by atoms with E-state index >= 15 is 0 Å². The molecule has 20 heavy (non-hydrogen) atoms. The maximum absolute atomic E-state index is 12.2. The predicted octanol–water partition coefficient (Wildman–Crippen LogP) is 2.58. The number of benzene rings is 1. The fourth-order valence-electron chi connectivity index (χ4n) is 1.46. The number of hydrogen-bond acceptors (Lipinski definition) is 2. The maximum atomic E-state index is 12.2. The average molecular weight is 273 g/mol. The lowest BCUT2D eigenvalue weighted by atomic mass is 9.88. The van der Waals surface area contributed by atoms with Crippen molar-refractivity contribution in [2.45, 2.75) is 40.2 Å². The van der Waals surface area contributed by atoms with Gasteiger partial charge in [0, 0.05) is 23.6 Å². The third kappa shape index (κ3) is 5.07. The van der Waals surface area contributed by atoms with Gasteiger partial charge >= 0.3 is 0 Å². The number of nitrogens with one attached hydrogen (secondary N) is 1. The van der Waals surface area contributed by atoms with Gasteiger partial charge in [0.05, 0.1) is 6.61 Å². The van der Waals surface area contributed by atoms with Crippen LogP contribution in [0.4, 0.5) is 0 Å². The Hall–Kier alpha value is -1.79. The van der Waals surface area contributed by atoms with Crippen molar-refractivity contribution in [3.63, 3.8) is 0 Å². The SMILES string of the molecule is CC(NC(=O)c1cccc(C#CCCO)c1)C(C)(C)C. The molecule has 0 spiro atoms. The molecule has 2 N–H and O–H groups in total. The van der Waals surface area contributed by atoms with Crippen molar-refractivity contribution < 1.29 is 9.90 Å². The molecular formula is C17H23NO2. The molecule has 0 saturated carbocycles. The monoisotopic (exact) mass is 273 g/mol. The highest BCUT2D eigenvalue weighted by Crippen LogP contribution is 2.19. The van der Waals surface area contributed by atoms with Gasteiger partial charge in [-0.2, -0.15) is 0 Å². The molecule has 0 heterocycles. The van der Waals surface area contributed by atoms with Crippen LogP contribution in [-0.4, -0.2) is 23.7 Å². The molecule has 0 aromatic heterocycles. The van der Waals surface area contributed by atoms with Gasteiger partial charge in [0.1, 0.15) is 0 Å². The third-order valence-electron chi connectivity index (χ3n) is 3.24. The van der Waals surface area contributed by atoms with E-state index in [-0.39, 0.29) is 24.0 Å². The Morgan fingerprint density at radius 2 is 2.10 bits per heavy atom. The van der Waals surface area contributed by atoms with Crippen molar-refractivity contribution >= 4 is 5.91 Å². The van der Waals surface area contributed by atoms with Crippen LogP contribution in [-0.2, 0) is 0 Å². The van der Waals surface area contributed by atoms with Gasteiger partial charge in [0.15, 0.2) is 0 Å². The summed E-state index contributed by atoms with van der Waals surface area (Å²) >= 11 is 0. The van der Waals surface area contributed by atoms with Crippen LogP contribution in [0.2, 0.25) is 0 Å². The van der Waals surface area contributed by atoms with Gasteiger partial charge in [-0.25, -0.2) is 0 Å². The second kappa shape index (κ2) is 7.12. The molecule has 0 aliphatic rings. The topological polar surface area (TPSA) is 49.3 Å². The zero-order valence-corrected chi connectivity index (χ0v) is 12.7. The summed E-state index contributed by atoms with van der Waals surface area (Å²) in [6.07, 6.45) is 0.442. The maximum Gasteiger partial charge on any atom is 0.251 e. The third-order valence-corrected chi connectivity index (χ3v) is 3.24. The summed E-state index contributed by atoms with van der Waals surface area (Å²) in [4.78, 5) is 12.2. The molecule has 3 heteroatoms. The van der Waals surface area contributed by atoms with Gasteiger partial charge in [-0.05, 0) is 30.5 Å². The largest absolute Gasteiger partial charge is 0.395 e. The van der Waals surface area contributed by atoms with Crippen LogP contribution in [0.3, 0.4) is 0 Å². The van der Waals surface area contributed by atoms with Crippen LogP contribution in [0.25, 0.3) is 0 Å². The summed E-state index contributed by atoms with van der Waals surface area (Å²) in [6.45, 7) is 8.33. The summed E-state index contributed by atoms with van der Waals surface area (Å²) < 4.78 is 0. The summed E-state index contributed by atoms with van der Waals surface area (Å²) in [6, 6.07) is 7.31. The normalized spacial score (nSPS) is 12.2. The highest BCUT2D eigenvalue weighted by atomic mass is 16.2. The fourth-order valence-corrected chi connectivity index (χ4v) is 1.46. The number of rotatable bonds is 3. The first kappa shape index (κ1) is 16.3. The van der Waals surface area contributed by atoms with Crippen molar-refractivity contribution in [3.05, 3.63) is 35.4 Å². The van der Waals surface area contributed by atoms with E-state index in [0.29, 0.717) is 12.0 Å². The first-order valence-electron chi connectivity index (χ1n) is 6.85.